The average molecular weight is 299 g/mol. The molecule has 1 aliphatic heterocycles. The second-order valence-electron chi connectivity index (χ2n) is 4.69. The number of aryl methyl sites for hydroxylation is 1. The van der Waals surface area contributed by atoms with Crippen molar-refractivity contribution in [1.82, 2.24) is 9.44 Å². The number of ether oxygens (including phenoxy) is 1. The van der Waals surface area contributed by atoms with E-state index in [0.29, 0.717) is 6.61 Å². The van der Waals surface area contributed by atoms with Gasteiger partial charge in [0.1, 0.15) is 0 Å². The number of fused-ring (bicyclic) bond motifs is 1. The normalized spacial score (nSPS) is 14.7. The summed E-state index contributed by atoms with van der Waals surface area (Å²) in [5.74, 6) is 0. The van der Waals surface area contributed by atoms with Gasteiger partial charge in [-0.15, -0.1) is 0 Å². The maximum Gasteiger partial charge on any atom is 0.277 e. The summed E-state index contributed by atoms with van der Waals surface area (Å²) < 4.78 is 33.3. The maximum atomic E-state index is 11.7. The third-order valence-electron chi connectivity index (χ3n) is 3.21. The van der Waals surface area contributed by atoms with E-state index in [1.807, 2.05) is 12.1 Å². The molecule has 0 unspecified atom stereocenters. The van der Waals surface area contributed by atoms with E-state index in [9.17, 15) is 8.42 Å². The molecule has 0 radical (unpaired) electrons. The molecule has 7 heteroatoms. The number of hydrogen-bond donors (Lipinski definition) is 3. The number of nitrogens with one attached hydrogen (secondary N) is 3. The molecule has 2 rings (SSSR count). The topological polar surface area (TPSA) is 79.5 Å². The standard InChI is InChI=1S/C13H21N3O3S/c1-19-9-8-15-20(17,18)16-10-12-5-2-4-11-6-3-7-14-13(11)12/h2,4-5,14-16H,3,6-10H2,1H3. The number of para-hydroxylation sites is 1. The first-order valence-corrected chi connectivity index (χ1v) is 8.18. The zero-order valence-electron chi connectivity index (χ0n) is 11.6. The van der Waals surface area contributed by atoms with Gasteiger partial charge in [-0.3, -0.25) is 0 Å². The van der Waals surface area contributed by atoms with E-state index < -0.39 is 10.2 Å². The summed E-state index contributed by atoms with van der Waals surface area (Å²) in [5.41, 5.74) is 3.29. The Labute approximate surface area is 120 Å². The van der Waals surface area contributed by atoms with E-state index in [1.165, 1.54) is 12.7 Å². The molecule has 20 heavy (non-hydrogen) atoms. The summed E-state index contributed by atoms with van der Waals surface area (Å²) >= 11 is 0. The van der Waals surface area contributed by atoms with Gasteiger partial charge in [0, 0.05) is 32.4 Å². The van der Waals surface area contributed by atoms with Crippen molar-refractivity contribution in [1.29, 1.82) is 0 Å². The van der Waals surface area contributed by atoms with Crippen LogP contribution in [0.25, 0.3) is 0 Å². The fourth-order valence-corrected chi connectivity index (χ4v) is 3.03. The molecule has 0 saturated carbocycles. The lowest BCUT2D eigenvalue weighted by molar-refractivity contribution is 0.204. The highest BCUT2D eigenvalue weighted by atomic mass is 32.2. The van der Waals surface area contributed by atoms with E-state index in [-0.39, 0.29) is 13.1 Å². The Morgan fingerprint density at radius 1 is 1.35 bits per heavy atom. The number of methoxy groups -OCH3 is 1. The van der Waals surface area contributed by atoms with Gasteiger partial charge < -0.3 is 10.1 Å². The highest BCUT2D eigenvalue weighted by Crippen LogP contribution is 2.25. The number of anilines is 1. The van der Waals surface area contributed by atoms with Gasteiger partial charge in [0.25, 0.3) is 10.2 Å². The lowest BCUT2D eigenvalue weighted by Gasteiger charge is -2.21. The predicted molar refractivity (Wildman–Crippen MR) is 78.9 cm³/mol. The molecule has 1 aromatic rings. The van der Waals surface area contributed by atoms with Crippen LogP contribution in [0.1, 0.15) is 17.5 Å². The summed E-state index contributed by atoms with van der Waals surface area (Å²) in [6.07, 6.45) is 2.15. The van der Waals surface area contributed by atoms with E-state index in [0.717, 1.165) is 30.6 Å². The molecule has 0 spiro atoms. The zero-order chi connectivity index (χ0) is 14.4. The van der Waals surface area contributed by atoms with E-state index in [2.05, 4.69) is 20.8 Å². The van der Waals surface area contributed by atoms with E-state index in [1.54, 1.807) is 0 Å². The predicted octanol–water partition coefficient (Wildman–Crippen LogP) is 0.615. The van der Waals surface area contributed by atoms with Crippen molar-refractivity contribution < 1.29 is 13.2 Å². The Morgan fingerprint density at radius 2 is 2.20 bits per heavy atom. The molecular weight excluding hydrogens is 278 g/mol. The monoisotopic (exact) mass is 299 g/mol. The summed E-state index contributed by atoms with van der Waals surface area (Å²) in [4.78, 5) is 0. The first-order valence-electron chi connectivity index (χ1n) is 6.70. The van der Waals surface area contributed by atoms with Crippen molar-refractivity contribution in [2.45, 2.75) is 19.4 Å². The molecular formula is C13H21N3O3S. The lowest BCUT2D eigenvalue weighted by Crippen LogP contribution is -2.38. The van der Waals surface area contributed by atoms with Crippen LogP contribution in [0, 0.1) is 0 Å². The first-order chi connectivity index (χ1) is 9.62. The smallest absolute Gasteiger partial charge is 0.277 e. The van der Waals surface area contributed by atoms with E-state index >= 15 is 0 Å². The molecule has 1 aliphatic rings. The van der Waals surface area contributed by atoms with Crippen LogP contribution in [0.4, 0.5) is 5.69 Å². The Balaban J connectivity index is 1.97. The molecule has 6 nitrogen and oxygen atoms in total. The fraction of sp³-hybridized carbons (Fsp3) is 0.538. The highest BCUT2D eigenvalue weighted by Gasteiger charge is 2.14. The second kappa shape index (κ2) is 7.03. The fourth-order valence-electron chi connectivity index (χ4n) is 2.23. The molecule has 0 atom stereocenters. The molecule has 0 amide bonds. The van der Waals surface area contributed by atoms with Gasteiger partial charge in [0.05, 0.1) is 6.61 Å². The Kier molecular flexibility index (Phi) is 5.36. The third-order valence-corrected chi connectivity index (χ3v) is 4.32. The van der Waals surface area contributed by atoms with Crippen molar-refractivity contribution >= 4 is 15.9 Å². The minimum atomic E-state index is -3.49. The molecule has 3 N–H and O–H groups in total. The molecule has 0 saturated heterocycles. The van der Waals surface area contributed by atoms with Gasteiger partial charge >= 0.3 is 0 Å². The summed E-state index contributed by atoms with van der Waals surface area (Å²) in [5, 5.41) is 3.34. The summed E-state index contributed by atoms with van der Waals surface area (Å²) in [6.45, 7) is 1.82. The summed E-state index contributed by atoms with van der Waals surface area (Å²) in [6, 6.07) is 5.99. The highest BCUT2D eigenvalue weighted by molar-refractivity contribution is 7.87. The largest absolute Gasteiger partial charge is 0.385 e. The van der Waals surface area contributed by atoms with Crippen LogP contribution in [0.3, 0.4) is 0 Å². The lowest BCUT2D eigenvalue weighted by atomic mass is 9.99. The van der Waals surface area contributed by atoms with Crippen LogP contribution in [-0.2, 0) is 27.9 Å². The van der Waals surface area contributed by atoms with Crippen molar-refractivity contribution in [2.75, 3.05) is 32.1 Å². The van der Waals surface area contributed by atoms with Crippen LogP contribution in [0.5, 0.6) is 0 Å². The maximum absolute atomic E-state index is 11.7. The van der Waals surface area contributed by atoms with Crippen LogP contribution >= 0.6 is 0 Å². The van der Waals surface area contributed by atoms with Crippen molar-refractivity contribution in [3.05, 3.63) is 29.3 Å². The van der Waals surface area contributed by atoms with E-state index in [4.69, 9.17) is 4.74 Å². The van der Waals surface area contributed by atoms with Gasteiger partial charge in [0.15, 0.2) is 0 Å². The molecule has 0 fully saturated rings. The third kappa shape index (κ3) is 4.17. The number of rotatable bonds is 7. The molecule has 1 aromatic carbocycles. The Morgan fingerprint density at radius 3 is 3.00 bits per heavy atom. The SMILES string of the molecule is COCCNS(=O)(=O)NCc1cccc2c1NCCC2. The minimum Gasteiger partial charge on any atom is -0.385 e. The molecule has 1 heterocycles. The van der Waals surface area contributed by atoms with Crippen molar-refractivity contribution in [2.24, 2.45) is 0 Å². The first kappa shape index (κ1) is 15.2. The Bertz CT molecular complexity index is 546. The minimum absolute atomic E-state index is 0.261. The van der Waals surface area contributed by atoms with Gasteiger partial charge in [-0.05, 0) is 24.0 Å². The van der Waals surface area contributed by atoms with Crippen LogP contribution in [0.15, 0.2) is 18.2 Å². The molecule has 112 valence electrons. The van der Waals surface area contributed by atoms with Gasteiger partial charge in [-0.1, -0.05) is 18.2 Å². The van der Waals surface area contributed by atoms with Gasteiger partial charge in [0.2, 0.25) is 0 Å². The number of benzene rings is 1. The molecule has 0 bridgehead atoms. The zero-order valence-corrected chi connectivity index (χ0v) is 12.4. The van der Waals surface area contributed by atoms with Crippen molar-refractivity contribution in [3.63, 3.8) is 0 Å². The Hall–Kier alpha value is -1.15. The molecule has 0 aliphatic carbocycles. The quantitative estimate of drug-likeness (QED) is 0.645. The number of hydrogen-bond acceptors (Lipinski definition) is 4. The molecule has 0 aromatic heterocycles. The summed E-state index contributed by atoms with van der Waals surface area (Å²) in [7, 11) is -1.95. The van der Waals surface area contributed by atoms with Gasteiger partial charge in [-0.2, -0.15) is 17.9 Å². The van der Waals surface area contributed by atoms with Gasteiger partial charge in [-0.25, -0.2) is 0 Å². The second-order valence-corrected chi connectivity index (χ2v) is 6.28. The van der Waals surface area contributed by atoms with Crippen LogP contribution in [0.2, 0.25) is 0 Å². The van der Waals surface area contributed by atoms with Crippen LogP contribution < -0.4 is 14.8 Å². The van der Waals surface area contributed by atoms with Crippen LogP contribution in [-0.4, -0.2) is 35.2 Å². The van der Waals surface area contributed by atoms with Crippen molar-refractivity contribution in [3.8, 4) is 0 Å². The average Bonchev–Trinajstić information content (AvgIpc) is 2.45.